The first kappa shape index (κ1) is 18.2. The molecule has 0 aliphatic rings. The molecular weight excluding hydrogens is 296 g/mol. The molecule has 5 heteroatoms. The molecule has 4 nitrogen and oxygen atoms in total. The number of carbonyl (C=O) groups excluding carboxylic acids is 2. The Hall–Kier alpha value is -1.88. The van der Waals surface area contributed by atoms with E-state index in [4.69, 9.17) is 9.47 Å². The van der Waals surface area contributed by atoms with Gasteiger partial charge in [0.15, 0.2) is 0 Å². The van der Waals surface area contributed by atoms with E-state index in [9.17, 15) is 9.59 Å². The number of carbonyl (C=O) groups is 2. The standard InChI is InChI=1S/C17H24O4Si/c1-6-10-15(16(17(19)20-3)21-13(2)18)22(4,5)14-11-8-7-9-12-14/h6-12,15-16H,1-5H3/b10-6+/t15-,16+/m1/s1. The van der Waals surface area contributed by atoms with Crippen LogP contribution in [0, 0.1) is 0 Å². The Balaban J connectivity index is 3.29. The van der Waals surface area contributed by atoms with Gasteiger partial charge in [-0.15, -0.1) is 0 Å². The maximum absolute atomic E-state index is 12.1. The summed E-state index contributed by atoms with van der Waals surface area (Å²) in [6, 6.07) is 10.0. The molecule has 0 amide bonds. The van der Waals surface area contributed by atoms with Crippen LogP contribution in [0.4, 0.5) is 0 Å². The van der Waals surface area contributed by atoms with E-state index in [0.29, 0.717) is 0 Å². The van der Waals surface area contributed by atoms with Crippen LogP contribution in [-0.2, 0) is 19.1 Å². The van der Waals surface area contributed by atoms with Gasteiger partial charge in [0.1, 0.15) is 0 Å². The molecule has 0 radical (unpaired) electrons. The quantitative estimate of drug-likeness (QED) is 0.459. The zero-order valence-electron chi connectivity index (χ0n) is 13.8. The summed E-state index contributed by atoms with van der Waals surface area (Å²) in [5.74, 6) is -1.00. The lowest BCUT2D eigenvalue weighted by molar-refractivity contribution is -0.164. The van der Waals surface area contributed by atoms with Crippen LogP contribution in [0.25, 0.3) is 0 Å². The van der Waals surface area contributed by atoms with Gasteiger partial charge in [0.2, 0.25) is 6.10 Å². The van der Waals surface area contributed by atoms with Crippen LogP contribution in [0.2, 0.25) is 18.6 Å². The van der Waals surface area contributed by atoms with E-state index in [0.717, 1.165) is 0 Å². The predicted octanol–water partition coefficient (Wildman–Crippen LogP) is 2.65. The van der Waals surface area contributed by atoms with Gasteiger partial charge in [-0.3, -0.25) is 4.79 Å². The van der Waals surface area contributed by atoms with Crippen molar-refractivity contribution in [3.05, 3.63) is 42.5 Å². The maximum atomic E-state index is 12.1. The molecule has 0 spiro atoms. The van der Waals surface area contributed by atoms with Gasteiger partial charge in [0.05, 0.1) is 15.2 Å². The molecule has 1 rings (SSSR count). The minimum atomic E-state index is -2.10. The first-order valence-electron chi connectivity index (χ1n) is 7.28. The summed E-state index contributed by atoms with van der Waals surface area (Å²) in [5, 5.41) is 1.19. The topological polar surface area (TPSA) is 52.6 Å². The Morgan fingerprint density at radius 2 is 1.77 bits per heavy atom. The van der Waals surface area contributed by atoms with Crippen LogP contribution < -0.4 is 5.19 Å². The van der Waals surface area contributed by atoms with Crippen molar-refractivity contribution in [2.24, 2.45) is 0 Å². The number of hydrogen-bond donors (Lipinski definition) is 0. The van der Waals surface area contributed by atoms with Crippen molar-refractivity contribution in [3.8, 4) is 0 Å². The molecular formula is C17H24O4Si. The van der Waals surface area contributed by atoms with Crippen LogP contribution >= 0.6 is 0 Å². The van der Waals surface area contributed by atoms with E-state index in [-0.39, 0.29) is 5.54 Å². The van der Waals surface area contributed by atoms with E-state index in [2.05, 4.69) is 25.2 Å². The lowest BCUT2D eigenvalue weighted by Gasteiger charge is -2.34. The lowest BCUT2D eigenvalue weighted by atomic mass is 10.2. The molecule has 1 aromatic carbocycles. The normalized spacial score (nSPS) is 14.4. The molecule has 0 aliphatic heterocycles. The summed E-state index contributed by atoms with van der Waals surface area (Å²) in [5.41, 5.74) is -0.198. The molecule has 0 aliphatic carbocycles. The van der Waals surface area contributed by atoms with Crippen molar-refractivity contribution in [2.45, 2.75) is 38.6 Å². The second-order valence-corrected chi connectivity index (χ2v) is 10.4. The van der Waals surface area contributed by atoms with Crippen LogP contribution in [0.3, 0.4) is 0 Å². The van der Waals surface area contributed by atoms with E-state index in [1.807, 2.05) is 37.3 Å². The highest BCUT2D eigenvalue weighted by molar-refractivity contribution is 6.91. The zero-order chi connectivity index (χ0) is 16.8. The van der Waals surface area contributed by atoms with Crippen molar-refractivity contribution in [1.29, 1.82) is 0 Å². The highest BCUT2D eigenvalue weighted by atomic mass is 28.3. The average molecular weight is 320 g/mol. The van der Waals surface area contributed by atoms with E-state index >= 15 is 0 Å². The van der Waals surface area contributed by atoms with Crippen LogP contribution in [0.5, 0.6) is 0 Å². The minimum absolute atomic E-state index is 0.198. The van der Waals surface area contributed by atoms with E-state index < -0.39 is 26.1 Å². The second-order valence-electron chi connectivity index (χ2n) is 5.69. The number of ether oxygens (including phenoxy) is 2. The molecule has 22 heavy (non-hydrogen) atoms. The first-order chi connectivity index (χ1) is 10.3. The summed E-state index contributed by atoms with van der Waals surface area (Å²) >= 11 is 0. The predicted molar refractivity (Wildman–Crippen MR) is 89.7 cm³/mol. The molecule has 0 N–H and O–H groups in total. The molecule has 0 saturated carbocycles. The third-order valence-corrected chi connectivity index (χ3v) is 7.79. The van der Waals surface area contributed by atoms with Gasteiger partial charge in [0.25, 0.3) is 0 Å². The van der Waals surface area contributed by atoms with Crippen molar-refractivity contribution < 1.29 is 19.1 Å². The Labute approximate surface area is 133 Å². The largest absolute Gasteiger partial charge is 0.466 e. The molecule has 1 aromatic rings. The van der Waals surface area contributed by atoms with E-state index in [1.54, 1.807) is 0 Å². The van der Waals surface area contributed by atoms with Crippen LogP contribution in [0.1, 0.15) is 13.8 Å². The molecule has 0 heterocycles. The van der Waals surface area contributed by atoms with E-state index in [1.165, 1.54) is 19.2 Å². The fourth-order valence-electron chi connectivity index (χ4n) is 2.55. The number of methoxy groups -OCH3 is 1. The number of benzene rings is 1. The average Bonchev–Trinajstić information content (AvgIpc) is 2.50. The molecule has 2 atom stereocenters. The highest BCUT2D eigenvalue weighted by Crippen LogP contribution is 2.30. The number of rotatable bonds is 6. The van der Waals surface area contributed by atoms with Crippen molar-refractivity contribution in [3.63, 3.8) is 0 Å². The van der Waals surface area contributed by atoms with Gasteiger partial charge in [-0.1, -0.05) is 60.8 Å². The SMILES string of the molecule is C/C=C/[C@H]([C@H](OC(C)=O)C(=O)OC)[Si](C)(C)c1ccccc1. The first-order valence-corrected chi connectivity index (χ1v) is 10.4. The third-order valence-electron chi connectivity index (χ3n) is 3.80. The summed E-state index contributed by atoms with van der Waals surface area (Å²) in [7, 11) is -0.795. The van der Waals surface area contributed by atoms with Gasteiger partial charge >= 0.3 is 11.9 Å². The summed E-state index contributed by atoms with van der Waals surface area (Å²) in [6.07, 6.45) is 2.92. The Morgan fingerprint density at radius 3 is 2.23 bits per heavy atom. The van der Waals surface area contributed by atoms with Crippen molar-refractivity contribution >= 4 is 25.2 Å². The van der Waals surface area contributed by atoms with Crippen LogP contribution in [-0.4, -0.2) is 33.2 Å². The van der Waals surface area contributed by atoms with Gasteiger partial charge in [-0.05, 0) is 6.92 Å². The molecule has 0 aromatic heterocycles. The van der Waals surface area contributed by atoms with Gasteiger partial charge in [0, 0.05) is 12.5 Å². The highest BCUT2D eigenvalue weighted by Gasteiger charge is 2.43. The Bertz CT molecular complexity index is 537. The summed E-state index contributed by atoms with van der Waals surface area (Å²) in [4.78, 5) is 23.5. The maximum Gasteiger partial charge on any atom is 0.347 e. The van der Waals surface area contributed by atoms with Crippen molar-refractivity contribution in [1.82, 2.24) is 0 Å². The molecule has 0 unspecified atom stereocenters. The van der Waals surface area contributed by atoms with Crippen LogP contribution in [0.15, 0.2) is 42.5 Å². The number of esters is 2. The zero-order valence-corrected chi connectivity index (χ0v) is 14.8. The van der Waals surface area contributed by atoms with Gasteiger partial charge in [-0.25, -0.2) is 4.79 Å². The smallest absolute Gasteiger partial charge is 0.347 e. The molecule has 0 saturated heterocycles. The number of hydrogen-bond acceptors (Lipinski definition) is 4. The second kappa shape index (κ2) is 7.94. The van der Waals surface area contributed by atoms with Gasteiger partial charge in [-0.2, -0.15) is 0 Å². The lowest BCUT2D eigenvalue weighted by Crippen LogP contribution is -2.52. The number of allylic oxidation sites excluding steroid dienone is 1. The van der Waals surface area contributed by atoms with Gasteiger partial charge < -0.3 is 9.47 Å². The molecule has 0 fully saturated rings. The Morgan fingerprint density at radius 1 is 1.18 bits per heavy atom. The summed E-state index contributed by atoms with van der Waals surface area (Å²) < 4.78 is 10.1. The summed E-state index contributed by atoms with van der Waals surface area (Å²) in [6.45, 7) is 7.52. The Kier molecular flexibility index (Phi) is 6.55. The fourth-order valence-corrected chi connectivity index (χ4v) is 5.62. The minimum Gasteiger partial charge on any atom is -0.466 e. The van der Waals surface area contributed by atoms with Crippen molar-refractivity contribution in [2.75, 3.05) is 7.11 Å². The molecule has 120 valence electrons. The molecule has 0 bridgehead atoms. The third kappa shape index (κ3) is 4.30. The fraction of sp³-hybridized carbons (Fsp3) is 0.412. The monoisotopic (exact) mass is 320 g/mol.